The van der Waals surface area contributed by atoms with Gasteiger partial charge in [-0.15, -0.1) is 0 Å². The van der Waals surface area contributed by atoms with Crippen LogP contribution in [0.3, 0.4) is 0 Å². The third kappa shape index (κ3) is 4.89. The minimum Gasteiger partial charge on any atom is -0.465 e. The average Bonchev–Trinajstić information content (AvgIpc) is 3.07. The van der Waals surface area contributed by atoms with Crippen molar-refractivity contribution >= 4 is 35.4 Å². The third-order valence-electron chi connectivity index (χ3n) is 6.40. The molecule has 1 aromatic carbocycles. The molecule has 3 aliphatic rings. The van der Waals surface area contributed by atoms with Gasteiger partial charge >= 0.3 is 6.09 Å². The number of morpholine rings is 1. The van der Waals surface area contributed by atoms with Gasteiger partial charge in [0.15, 0.2) is 0 Å². The van der Waals surface area contributed by atoms with E-state index in [2.05, 4.69) is 10.6 Å². The van der Waals surface area contributed by atoms with Crippen LogP contribution in [0.4, 0.5) is 10.5 Å². The first-order valence-electron chi connectivity index (χ1n) is 11.5. The van der Waals surface area contributed by atoms with Crippen LogP contribution in [0.2, 0.25) is 0 Å². The number of rotatable bonds is 8. The van der Waals surface area contributed by atoms with Gasteiger partial charge in [-0.3, -0.25) is 29.4 Å². The number of hydrogen-bond acceptors (Lipinski definition) is 7. The molecule has 3 N–H and O–H groups in total. The molecule has 1 unspecified atom stereocenters. The zero-order chi connectivity index (χ0) is 24.2. The Balaban J connectivity index is 1.28. The topological polar surface area (TPSA) is 145 Å². The van der Waals surface area contributed by atoms with E-state index in [4.69, 9.17) is 9.84 Å². The molecular formula is C23H28N4O7. The zero-order valence-electron chi connectivity index (χ0n) is 18.7. The predicted molar refractivity (Wildman–Crippen MR) is 119 cm³/mol. The van der Waals surface area contributed by atoms with Crippen LogP contribution in [0.1, 0.15) is 59.2 Å². The summed E-state index contributed by atoms with van der Waals surface area (Å²) in [6, 6.07) is 4.00. The second kappa shape index (κ2) is 10.2. The molecular weight excluding hydrogens is 444 g/mol. The Labute approximate surface area is 196 Å². The van der Waals surface area contributed by atoms with Crippen LogP contribution in [0, 0.1) is 0 Å². The maximum absolute atomic E-state index is 13.1. The van der Waals surface area contributed by atoms with E-state index in [1.54, 1.807) is 18.2 Å². The van der Waals surface area contributed by atoms with E-state index in [1.807, 2.05) is 0 Å². The van der Waals surface area contributed by atoms with E-state index in [1.165, 1.54) is 4.90 Å². The number of ether oxygens (including phenoxy) is 1. The first-order valence-corrected chi connectivity index (χ1v) is 11.5. The number of carbonyl (C=O) groups excluding carboxylic acids is 4. The molecule has 11 heteroatoms. The number of nitrogens with zero attached hydrogens (tertiary/aromatic N) is 2. The molecule has 5 amide bonds. The average molecular weight is 472 g/mol. The lowest BCUT2D eigenvalue weighted by molar-refractivity contribution is -0.136. The van der Waals surface area contributed by atoms with Crippen molar-refractivity contribution in [1.82, 2.24) is 15.1 Å². The summed E-state index contributed by atoms with van der Waals surface area (Å²) in [5.74, 6) is -2.10. The molecule has 0 radical (unpaired) electrons. The van der Waals surface area contributed by atoms with Crippen molar-refractivity contribution < 1.29 is 33.8 Å². The molecule has 2 atom stereocenters. The minimum absolute atomic E-state index is 0.0785. The van der Waals surface area contributed by atoms with E-state index in [0.717, 1.165) is 30.6 Å². The Kier molecular flexibility index (Phi) is 7.11. The molecule has 2 fully saturated rings. The Morgan fingerprint density at radius 2 is 1.97 bits per heavy atom. The molecule has 0 saturated carbocycles. The van der Waals surface area contributed by atoms with E-state index in [-0.39, 0.29) is 30.1 Å². The number of benzene rings is 1. The quantitative estimate of drug-likeness (QED) is 0.381. The maximum atomic E-state index is 13.1. The van der Waals surface area contributed by atoms with Gasteiger partial charge in [-0.25, -0.2) is 4.79 Å². The molecule has 0 bridgehead atoms. The predicted octanol–water partition coefficient (Wildman–Crippen LogP) is 1.44. The van der Waals surface area contributed by atoms with Crippen LogP contribution in [0.5, 0.6) is 0 Å². The fraction of sp³-hybridized carbons (Fsp3) is 0.522. The fourth-order valence-corrected chi connectivity index (χ4v) is 4.63. The van der Waals surface area contributed by atoms with Crippen molar-refractivity contribution in [3.05, 3.63) is 29.3 Å². The monoisotopic (exact) mass is 472 g/mol. The molecule has 0 aliphatic carbocycles. The highest BCUT2D eigenvalue weighted by atomic mass is 16.5. The second-order valence-electron chi connectivity index (χ2n) is 8.67. The summed E-state index contributed by atoms with van der Waals surface area (Å²) in [6.07, 6.45) is 2.56. The fourth-order valence-electron chi connectivity index (χ4n) is 4.63. The van der Waals surface area contributed by atoms with E-state index < -0.39 is 35.8 Å². The van der Waals surface area contributed by atoms with E-state index >= 15 is 0 Å². The smallest absolute Gasteiger partial charge is 0.407 e. The standard InChI is InChI=1S/C23H28N4O7/c28-18-9-8-17(20(29)25-18)27-21(30)15-6-4-7-16(19(15)22(27)31)24-10-3-1-2-5-14-13-26(23(32)33)11-12-34-14/h4,6-7,14,17,24H,1-3,5,8-13H2,(H,32,33)(H,25,28,29)/t14-,17?/m1/s1. The van der Waals surface area contributed by atoms with Gasteiger partial charge in [0.05, 0.1) is 30.4 Å². The lowest BCUT2D eigenvalue weighted by atomic mass is 10.0. The highest BCUT2D eigenvalue weighted by molar-refractivity contribution is 6.25. The van der Waals surface area contributed by atoms with Crippen molar-refractivity contribution in [3.8, 4) is 0 Å². The van der Waals surface area contributed by atoms with Crippen molar-refractivity contribution in [2.24, 2.45) is 0 Å². The second-order valence-corrected chi connectivity index (χ2v) is 8.67. The van der Waals surface area contributed by atoms with Gasteiger partial charge in [-0.05, 0) is 31.4 Å². The number of anilines is 1. The molecule has 0 spiro atoms. The molecule has 11 nitrogen and oxygen atoms in total. The Morgan fingerprint density at radius 3 is 2.74 bits per heavy atom. The Hall–Kier alpha value is -3.47. The molecule has 2 saturated heterocycles. The number of hydrogen-bond donors (Lipinski definition) is 3. The first kappa shape index (κ1) is 23.7. The van der Waals surface area contributed by atoms with E-state index in [0.29, 0.717) is 31.9 Å². The van der Waals surface area contributed by atoms with Crippen molar-refractivity contribution in [2.75, 3.05) is 31.6 Å². The summed E-state index contributed by atoms with van der Waals surface area (Å²) < 4.78 is 5.64. The maximum Gasteiger partial charge on any atom is 0.407 e. The first-order chi connectivity index (χ1) is 16.4. The van der Waals surface area contributed by atoms with Crippen molar-refractivity contribution in [3.63, 3.8) is 0 Å². The third-order valence-corrected chi connectivity index (χ3v) is 6.40. The summed E-state index contributed by atoms with van der Waals surface area (Å²) in [7, 11) is 0. The van der Waals surface area contributed by atoms with Crippen LogP contribution in [0.15, 0.2) is 18.2 Å². The van der Waals surface area contributed by atoms with Crippen molar-refractivity contribution in [1.29, 1.82) is 0 Å². The Morgan fingerprint density at radius 1 is 1.15 bits per heavy atom. The van der Waals surface area contributed by atoms with Crippen LogP contribution in [-0.2, 0) is 14.3 Å². The summed E-state index contributed by atoms with van der Waals surface area (Å²) in [5.41, 5.74) is 1.04. The summed E-state index contributed by atoms with van der Waals surface area (Å²) in [6.45, 7) is 1.80. The van der Waals surface area contributed by atoms with Crippen LogP contribution in [0.25, 0.3) is 0 Å². The van der Waals surface area contributed by atoms with Crippen LogP contribution >= 0.6 is 0 Å². The lowest BCUT2D eigenvalue weighted by Gasteiger charge is -2.31. The number of carboxylic acid groups (broad SMARTS) is 1. The molecule has 3 aliphatic heterocycles. The summed E-state index contributed by atoms with van der Waals surface area (Å²) in [5, 5.41) is 14.5. The molecule has 3 heterocycles. The summed E-state index contributed by atoms with van der Waals surface area (Å²) in [4.78, 5) is 63.0. The number of amides is 5. The Bertz CT molecular complexity index is 1010. The normalized spacial score (nSPS) is 22.6. The van der Waals surface area contributed by atoms with Gasteiger partial charge in [-0.1, -0.05) is 18.9 Å². The highest BCUT2D eigenvalue weighted by Crippen LogP contribution is 2.32. The molecule has 0 aromatic heterocycles. The largest absolute Gasteiger partial charge is 0.465 e. The number of piperidine rings is 1. The highest BCUT2D eigenvalue weighted by Gasteiger charge is 2.45. The number of carbonyl (C=O) groups is 5. The molecule has 1 aromatic rings. The number of fused-ring (bicyclic) bond motifs is 1. The van der Waals surface area contributed by atoms with Gasteiger partial charge in [0.2, 0.25) is 11.8 Å². The lowest BCUT2D eigenvalue weighted by Crippen LogP contribution is -2.54. The number of imide groups is 2. The van der Waals surface area contributed by atoms with Gasteiger partial charge in [0, 0.05) is 25.2 Å². The molecule has 4 rings (SSSR count). The zero-order valence-corrected chi connectivity index (χ0v) is 18.7. The molecule has 34 heavy (non-hydrogen) atoms. The van der Waals surface area contributed by atoms with Crippen LogP contribution < -0.4 is 10.6 Å². The van der Waals surface area contributed by atoms with E-state index in [9.17, 15) is 24.0 Å². The van der Waals surface area contributed by atoms with Gasteiger partial charge in [0.25, 0.3) is 11.8 Å². The number of unbranched alkanes of at least 4 members (excludes halogenated alkanes) is 2. The van der Waals surface area contributed by atoms with Gasteiger partial charge in [0.1, 0.15) is 6.04 Å². The summed E-state index contributed by atoms with van der Waals surface area (Å²) >= 11 is 0. The minimum atomic E-state index is -0.989. The van der Waals surface area contributed by atoms with Gasteiger partial charge in [-0.2, -0.15) is 0 Å². The number of nitrogens with one attached hydrogen (secondary N) is 2. The van der Waals surface area contributed by atoms with Crippen LogP contribution in [-0.4, -0.2) is 83.0 Å². The van der Waals surface area contributed by atoms with Crippen molar-refractivity contribution in [2.45, 2.75) is 50.7 Å². The SMILES string of the molecule is O=C1CCC(N2C(=O)c3cccc(NCCCCC[C@@H]4CN(C(=O)O)CCO4)c3C2=O)C(=O)N1. The molecule has 182 valence electrons. The van der Waals surface area contributed by atoms with Gasteiger partial charge < -0.3 is 20.1 Å².